The number of nitrogens with zero attached hydrogens (tertiary/aromatic N) is 1. The highest BCUT2D eigenvalue weighted by Gasteiger charge is 2.26. The number of carbonyl (C=O) groups excluding carboxylic acids is 1. The molecule has 0 aliphatic carbocycles. The second-order valence-electron chi connectivity index (χ2n) is 15.4. The third-order valence-corrected chi connectivity index (χ3v) is 10.00. The average molecular weight is 745 g/mol. The van der Waals surface area contributed by atoms with Gasteiger partial charge in [-0.1, -0.05) is 154 Å². The molecule has 0 radical (unpaired) electrons. The second kappa shape index (κ2) is 36.0. The normalized spacial score (nSPS) is 14.1. The van der Waals surface area contributed by atoms with Gasteiger partial charge in [-0.2, -0.15) is 0 Å². The van der Waals surface area contributed by atoms with Gasteiger partial charge in [0.15, 0.2) is 0 Å². The molecule has 0 amide bonds. The first-order valence-corrected chi connectivity index (χ1v) is 22.6. The summed E-state index contributed by atoms with van der Waals surface area (Å²) in [4.78, 5) is 22.8. The van der Waals surface area contributed by atoms with Crippen molar-refractivity contribution >= 4 is 13.8 Å². The molecule has 8 nitrogen and oxygen atoms in total. The van der Waals surface area contributed by atoms with Gasteiger partial charge in [0.2, 0.25) is 0 Å². The number of rotatable bonds is 39. The first-order chi connectivity index (χ1) is 24.6. The molecular weight excluding hydrogens is 661 g/mol. The number of ether oxygens (including phenoxy) is 2. The highest BCUT2D eigenvalue weighted by molar-refractivity contribution is 7.47. The first kappa shape index (κ1) is 50.0. The van der Waals surface area contributed by atoms with Gasteiger partial charge in [0.05, 0.1) is 34.4 Å². The van der Waals surface area contributed by atoms with E-state index in [-0.39, 0.29) is 25.8 Å². The van der Waals surface area contributed by atoms with E-state index in [1.54, 1.807) is 0 Å². The number of carbonyl (C=O) groups is 1. The predicted molar refractivity (Wildman–Crippen MR) is 215 cm³/mol. The number of hydrogen-bond acceptors (Lipinski definition) is 6. The molecule has 9 heteroatoms. The molecule has 0 aromatic heterocycles. The summed E-state index contributed by atoms with van der Waals surface area (Å²) in [6.45, 7) is 5.59. The van der Waals surface area contributed by atoms with E-state index in [2.05, 4.69) is 38.2 Å². The van der Waals surface area contributed by atoms with Crippen molar-refractivity contribution in [3.05, 3.63) is 24.3 Å². The Balaban J connectivity index is 4.26. The Labute approximate surface area is 315 Å². The highest BCUT2D eigenvalue weighted by atomic mass is 31.2. The zero-order valence-corrected chi connectivity index (χ0v) is 35.0. The molecular formula is C42H83NO7P+. The molecule has 0 aliphatic rings. The summed E-state index contributed by atoms with van der Waals surface area (Å²) < 4.78 is 34.9. The van der Waals surface area contributed by atoms with Gasteiger partial charge in [-0.15, -0.1) is 0 Å². The van der Waals surface area contributed by atoms with Crippen molar-refractivity contribution in [2.75, 3.05) is 54.1 Å². The van der Waals surface area contributed by atoms with Crippen LogP contribution in [0.4, 0.5) is 0 Å². The maximum absolute atomic E-state index is 12.6. The van der Waals surface area contributed by atoms with E-state index in [1.165, 1.54) is 116 Å². The van der Waals surface area contributed by atoms with Gasteiger partial charge in [-0.25, -0.2) is 4.57 Å². The van der Waals surface area contributed by atoms with Gasteiger partial charge < -0.3 is 18.9 Å². The fraction of sp³-hybridized carbons (Fsp3) is 0.881. The minimum Gasteiger partial charge on any atom is -0.457 e. The van der Waals surface area contributed by atoms with Gasteiger partial charge in [0.1, 0.15) is 19.3 Å². The van der Waals surface area contributed by atoms with Gasteiger partial charge in [-0.3, -0.25) is 13.8 Å². The zero-order chi connectivity index (χ0) is 37.7. The number of likely N-dealkylation sites (N-methyl/N-ethyl adjacent to an activating group) is 1. The van der Waals surface area contributed by atoms with Crippen molar-refractivity contribution in [3.63, 3.8) is 0 Å². The third-order valence-electron chi connectivity index (χ3n) is 9.02. The van der Waals surface area contributed by atoms with Crippen LogP contribution in [0.2, 0.25) is 0 Å². The number of phosphoric acid groups is 1. The van der Waals surface area contributed by atoms with Crippen LogP contribution in [0.15, 0.2) is 24.3 Å². The minimum absolute atomic E-state index is 0.0881. The Bertz CT molecular complexity index is 874. The monoisotopic (exact) mass is 745 g/mol. The lowest BCUT2D eigenvalue weighted by Crippen LogP contribution is -2.37. The molecule has 0 aliphatic heterocycles. The van der Waals surface area contributed by atoms with Crippen molar-refractivity contribution in [2.24, 2.45) is 0 Å². The van der Waals surface area contributed by atoms with E-state index in [0.29, 0.717) is 24.1 Å². The van der Waals surface area contributed by atoms with E-state index >= 15 is 0 Å². The third kappa shape index (κ3) is 40.0. The summed E-state index contributed by atoms with van der Waals surface area (Å²) in [7, 11) is 1.66. The Morgan fingerprint density at radius 2 is 1.08 bits per heavy atom. The standard InChI is InChI=1S/C42H82NO7P/c1-6-8-10-12-14-16-18-20-21-22-24-26-28-30-32-34-37-47-39-41(40-49-51(45,46)48-38-36-43(3,4)5)50-42(44)35-33-31-29-27-25-23-19-17-15-13-11-9-7-2/h14,16,20-21,41H,6-13,15,17-19,22-40H2,1-5H3/p+1/b16-14-,21-20-. The van der Waals surface area contributed by atoms with Crippen LogP contribution in [0.3, 0.4) is 0 Å². The number of hydrogen-bond donors (Lipinski definition) is 1. The lowest BCUT2D eigenvalue weighted by molar-refractivity contribution is -0.870. The summed E-state index contributed by atoms with van der Waals surface area (Å²) in [5, 5.41) is 0. The molecule has 2 unspecified atom stereocenters. The summed E-state index contributed by atoms with van der Waals surface area (Å²) >= 11 is 0. The van der Waals surface area contributed by atoms with Crippen molar-refractivity contribution in [1.82, 2.24) is 0 Å². The molecule has 302 valence electrons. The Morgan fingerprint density at radius 3 is 1.63 bits per heavy atom. The van der Waals surface area contributed by atoms with Crippen LogP contribution in [0.5, 0.6) is 0 Å². The Morgan fingerprint density at radius 1 is 0.608 bits per heavy atom. The average Bonchev–Trinajstić information content (AvgIpc) is 3.08. The summed E-state index contributed by atoms with van der Waals surface area (Å²) in [5.74, 6) is -0.317. The van der Waals surface area contributed by atoms with E-state index in [0.717, 1.165) is 44.9 Å². The van der Waals surface area contributed by atoms with Crippen LogP contribution in [0.25, 0.3) is 0 Å². The van der Waals surface area contributed by atoms with Gasteiger partial charge >= 0.3 is 13.8 Å². The SMILES string of the molecule is CCCCC/C=C\C/C=C\CCCCCCCCOCC(COP(=O)(O)OCC[N+](C)(C)C)OC(=O)CCCCCCCCCCCCCCC. The van der Waals surface area contributed by atoms with Crippen LogP contribution in [-0.2, 0) is 27.9 Å². The van der Waals surface area contributed by atoms with Crippen LogP contribution >= 0.6 is 7.82 Å². The number of unbranched alkanes of at least 4 members (excludes halogenated alkanes) is 21. The molecule has 0 fully saturated rings. The molecule has 0 saturated carbocycles. The van der Waals surface area contributed by atoms with E-state index in [4.69, 9.17) is 18.5 Å². The second-order valence-corrected chi connectivity index (χ2v) is 16.8. The van der Waals surface area contributed by atoms with Crippen LogP contribution in [-0.4, -0.2) is 75.6 Å². The molecule has 0 heterocycles. The smallest absolute Gasteiger partial charge is 0.457 e. The van der Waals surface area contributed by atoms with Crippen LogP contribution < -0.4 is 0 Å². The summed E-state index contributed by atoms with van der Waals surface area (Å²) in [6.07, 6.45) is 39.1. The van der Waals surface area contributed by atoms with Crippen molar-refractivity contribution in [1.29, 1.82) is 0 Å². The van der Waals surface area contributed by atoms with Gasteiger partial charge in [-0.05, 0) is 44.9 Å². The van der Waals surface area contributed by atoms with Crippen LogP contribution in [0.1, 0.15) is 181 Å². The summed E-state index contributed by atoms with van der Waals surface area (Å²) in [5.41, 5.74) is 0. The van der Waals surface area contributed by atoms with E-state index in [9.17, 15) is 14.3 Å². The quantitative estimate of drug-likeness (QED) is 0.0220. The Hall–Kier alpha value is -1.02. The molecule has 1 N–H and O–H groups in total. The number of allylic oxidation sites excluding steroid dienone is 4. The number of quaternary nitrogens is 1. The molecule has 0 aromatic rings. The summed E-state index contributed by atoms with van der Waals surface area (Å²) in [6, 6.07) is 0. The minimum atomic E-state index is -4.27. The highest BCUT2D eigenvalue weighted by Crippen LogP contribution is 2.43. The fourth-order valence-electron chi connectivity index (χ4n) is 5.70. The van der Waals surface area contributed by atoms with Crippen molar-refractivity contribution in [2.45, 2.75) is 187 Å². The molecule has 0 saturated heterocycles. The molecule has 0 aromatic carbocycles. The van der Waals surface area contributed by atoms with Gasteiger partial charge in [0, 0.05) is 13.0 Å². The van der Waals surface area contributed by atoms with E-state index in [1.807, 2.05) is 21.1 Å². The fourth-order valence-corrected chi connectivity index (χ4v) is 6.44. The maximum Gasteiger partial charge on any atom is 0.472 e. The topological polar surface area (TPSA) is 91.3 Å². The number of phosphoric ester groups is 1. The molecule has 51 heavy (non-hydrogen) atoms. The predicted octanol–water partition coefficient (Wildman–Crippen LogP) is 12.0. The van der Waals surface area contributed by atoms with Crippen molar-refractivity contribution < 1.29 is 37.3 Å². The first-order valence-electron chi connectivity index (χ1n) is 21.1. The number of esters is 1. The Kier molecular flexibility index (Phi) is 35.3. The maximum atomic E-state index is 12.6. The van der Waals surface area contributed by atoms with Gasteiger partial charge in [0.25, 0.3) is 0 Å². The molecule has 0 bridgehead atoms. The van der Waals surface area contributed by atoms with Crippen molar-refractivity contribution in [3.8, 4) is 0 Å². The largest absolute Gasteiger partial charge is 0.472 e. The van der Waals surface area contributed by atoms with E-state index < -0.39 is 13.9 Å². The molecule has 0 spiro atoms. The van der Waals surface area contributed by atoms with Crippen LogP contribution in [0, 0.1) is 0 Å². The lowest BCUT2D eigenvalue weighted by atomic mass is 10.0. The zero-order valence-electron chi connectivity index (χ0n) is 34.1. The molecule has 2 atom stereocenters. The molecule has 0 rings (SSSR count). The lowest BCUT2D eigenvalue weighted by Gasteiger charge is -2.24.